The Balaban J connectivity index is 0.00000240. The summed E-state index contributed by atoms with van der Waals surface area (Å²) in [5.74, 6) is 0.616. The number of carbonyl (C=O) groups excluding carboxylic acids is 1. The van der Waals surface area contributed by atoms with Crippen molar-refractivity contribution in [3.8, 4) is 0 Å². The van der Waals surface area contributed by atoms with Gasteiger partial charge in [0, 0.05) is 24.6 Å². The summed E-state index contributed by atoms with van der Waals surface area (Å²) in [5.41, 5.74) is 3.50. The third-order valence-electron chi connectivity index (χ3n) is 7.17. The van der Waals surface area contributed by atoms with Crippen molar-refractivity contribution in [2.24, 2.45) is 5.92 Å². The second-order valence-electron chi connectivity index (χ2n) is 9.03. The van der Waals surface area contributed by atoms with Crippen LogP contribution in [-0.2, 0) is 11.3 Å². The molecule has 1 saturated carbocycles. The number of carboxylic acid groups (broad SMARTS) is 1. The van der Waals surface area contributed by atoms with Gasteiger partial charge in [-0.2, -0.15) is 0 Å². The summed E-state index contributed by atoms with van der Waals surface area (Å²) < 4.78 is 0. The number of carbonyl (C=O) groups is 2. The zero-order valence-electron chi connectivity index (χ0n) is 17.3. The van der Waals surface area contributed by atoms with Crippen LogP contribution in [0.3, 0.4) is 0 Å². The lowest BCUT2D eigenvalue weighted by molar-refractivity contribution is -0.137. The number of carboxylic acids is 1. The number of hydrogen-bond donors (Lipinski definition) is 1. The molecule has 5 nitrogen and oxygen atoms in total. The SMILES string of the molecule is CN1CCC(c2ccc3c(c2)CN([C@H]2CC[C@H](CCC(=O)O)CC2)C3=O)CC1.Cl. The van der Waals surface area contributed by atoms with Gasteiger partial charge in [0.25, 0.3) is 5.91 Å². The zero-order chi connectivity index (χ0) is 19.7. The molecular formula is C23H33ClN2O3. The number of piperidine rings is 1. The zero-order valence-corrected chi connectivity index (χ0v) is 18.1. The maximum Gasteiger partial charge on any atom is 0.303 e. The van der Waals surface area contributed by atoms with Crippen molar-refractivity contribution >= 4 is 24.3 Å². The standard InChI is InChI=1S/C23H32N2O3.ClH/c1-24-12-10-17(11-13-24)18-5-8-21-19(14-18)15-25(23(21)28)20-6-2-16(3-7-20)4-9-22(26)27;/h5,8,14,16-17,20H,2-4,6-7,9-13,15H2,1H3,(H,26,27);1H/t16-,20-;. The number of hydrogen-bond acceptors (Lipinski definition) is 3. The largest absolute Gasteiger partial charge is 0.481 e. The van der Waals surface area contributed by atoms with Crippen LogP contribution in [0.4, 0.5) is 0 Å². The molecule has 1 aromatic carbocycles. The van der Waals surface area contributed by atoms with E-state index in [4.69, 9.17) is 5.11 Å². The van der Waals surface area contributed by atoms with Crippen LogP contribution in [0, 0.1) is 5.92 Å². The second kappa shape index (κ2) is 9.48. The van der Waals surface area contributed by atoms with E-state index in [1.807, 2.05) is 0 Å². The first-order valence-corrected chi connectivity index (χ1v) is 10.9. The summed E-state index contributed by atoms with van der Waals surface area (Å²) in [4.78, 5) is 28.2. The van der Waals surface area contributed by atoms with Crippen LogP contribution in [0.15, 0.2) is 18.2 Å². The van der Waals surface area contributed by atoms with Crippen molar-refractivity contribution in [2.75, 3.05) is 20.1 Å². The molecular weight excluding hydrogens is 388 g/mol. The van der Waals surface area contributed by atoms with E-state index in [0.717, 1.165) is 57.3 Å². The summed E-state index contributed by atoms with van der Waals surface area (Å²) in [5, 5.41) is 8.88. The van der Waals surface area contributed by atoms with Crippen molar-refractivity contribution in [3.05, 3.63) is 34.9 Å². The van der Waals surface area contributed by atoms with Crippen LogP contribution in [0.5, 0.6) is 0 Å². The highest BCUT2D eigenvalue weighted by molar-refractivity contribution is 5.98. The van der Waals surface area contributed by atoms with Crippen molar-refractivity contribution in [1.82, 2.24) is 9.80 Å². The Hall–Kier alpha value is -1.59. The summed E-state index contributed by atoms with van der Waals surface area (Å²) in [6.07, 6.45) is 7.54. The highest BCUT2D eigenvalue weighted by Crippen LogP contribution is 2.36. The molecule has 29 heavy (non-hydrogen) atoms. The number of likely N-dealkylation sites (tertiary alicyclic amines) is 1. The third kappa shape index (κ3) is 4.95. The van der Waals surface area contributed by atoms with Crippen molar-refractivity contribution < 1.29 is 14.7 Å². The van der Waals surface area contributed by atoms with Gasteiger partial charge in [-0.15, -0.1) is 12.4 Å². The predicted octanol–water partition coefficient (Wildman–Crippen LogP) is 4.30. The van der Waals surface area contributed by atoms with E-state index < -0.39 is 5.97 Å². The molecule has 1 N–H and O–H groups in total. The molecule has 0 unspecified atom stereocenters. The van der Waals surface area contributed by atoms with Crippen LogP contribution >= 0.6 is 12.4 Å². The fourth-order valence-corrected chi connectivity index (χ4v) is 5.33. The second-order valence-corrected chi connectivity index (χ2v) is 9.03. The summed E-state index contributed by atoms with van der Waals surface area (Å²) in [6, 6.07) is 6.85. The summed E-state index contributed by atoms with van der Waals surface area (Å²) >= 11 is 0. The average Bonchev–Trinajstić information content (AvgIpc) is 3.03. The van der Waals surface area contributed by atoms with Gasteiger partial charge >= 0.3 is 5.97 Å². The lowest BCUT2D eigenvalue weighted by Crippen LogP contribution is -2.38. The normalized spacial score (nSPS) is 25.6. The first-order valence-electron chi connectivity index (χ1n) is 10.9. The molecule has 1 saturated heterocycles. The number of nitrogens with zero attached hydrogens (tertiary/aromatic N) is 2. The minimum atomic E-state index is -0.701. The monoisotopic (exact) mass is 420 g/mol. The molecule has 2 aliphatic heterocycles. The molecule has 0 radical (unpaired) electrons. The van der Waals surface area contributed by atoms with E-state index >= 15 is 0 Å². The molecule has 2 heterocycles. The fraction of sp³-hybridized carbons (Fsp3) is 0.652. The van der Waals surface area contributed by atoms with Crippen molar-refractivity contribution in [2.45, 2.75) is 69.9 Å². The third-order valence-corrected chi connectivity index (χ3v) is 7.17. The van der Waals surface area contributed by atoms with Gasteiger partial charge < -0.3 is 14.9 Å². The quantitative estimate of drug-likeness (QED) is 0.771. The molecule has 0 atom stereocenters. The smallest absolute Gasteiger partial charge is 0.303 e. The van der Waals surface area contributed by atoms with Gasteiger partial charge in [0.05, 0.1) is 0 Å². The van der Waals surface area contributed by atoms with E-state index in [1.165, 1.54) is 24.0 Å². The number of fused-ring (bicyclic) bond motifs is 1. The van der Waals surface area contributed by atoms with Crippen LogP contribution in [-0.4, -0.2) is 53.0 Å². The number of rotatable bonds is 5. The topological polar surface area (TPSA) is 60.9 Å². The lowest BCUT2D eigenvalue weighted by Gasteiger charge is -2.34. The van der Waals surface area contributed by atoms with Crippen LogP contribution in [0.25, 0.3) is 0 Å². The Morgan fingerprint density at radius 3 is 2.45 bits per heavy atom. The van der Waals surface area contributed by atoms with Gasteiger partial charge in [-0.05, 0) is 94.1 Å². The highest BCUT2D eigenvalue weighted by Gasteiger charge is 2.35. The number of aliphatic carboxylic acids is 1. The first-order chi connectivity index (χ1) is 13.5. The van der Waals surface area contributed by atoms with Gasteiger partial charge in [0.1, 0.15) is 0 Å². The average molecular weight is 421 g/mol. The molecule has 0 aromatic heterocycles. The van der Waals surface area contributed by atoms with E-state index in [1.54, 1.807) is 0 Å². The predicted molar refractivity (Wildman–Crippen MR) is 116 cm³/mol. The molecule has 3 aliphatic rings. The fourth-order valence-electron chi connectivity index (χ4n) is 5.33. The number of halogens is 1. The van der Waals surface area contributed by atoms with Gasteiger partial charge in [0.2, 0.25) is 0 Å². The maximum absolute atomic E-state index is 13.0. The van der Waals surface area contributed by atoms with Crippen LogP contribution in [0.1, 0.15) is 78.8 Å². The molecule has 160 valence electrons. The van der Waals surface area contributed by atoms with Crippen molar-refractivity contribution in [3.63, 3.8) is 0 Å². The molecule has 2 fully saturated rings. The Kier molecular flexibility index (Phi) is 7.23. The Morgan fingerprint density at radius 1 is 1.10 bits per heavy atom. The van der Waals surface area contributed by atoms with Gasteiger partial charge in [-0.3, -0.25) is 9.59 Å². The molecule has 1 aromatic rings. The maximum atomic E-state index is 13.0. The molecule has 1 aliphatic carbocycles. The van der Waals surface area contributed by atoms with Gasteiger partial charge in [-0.25, -0.2) is 0 Å². The molecule has 4 rings (SSSR count). The van der Waals surface area contributed by atoms with Gasteiger partial charge in [-0.1, -0.05) is 12.1 Å². The molecule has 1 amide bonds. The minimum absolute atomic E-state index is 0. The van der Waals surface area contributed by atoms with E-state index in [2.05, 4.69) is 35.0 Å². The van der Waals surface area contributed by atoms with E-state index in [9.17, 15) is 9.59 Å². The first kappa shape index (κ1) is 22.1. The van der Waals surface area contributed by atoms with E-state index in [0.29, 0.717) is 17.9 Å². The Morgan fingerprint density at radius 2 is 1.79 bits per heavy atom. The van der Waals surface area contributed by atoms with Crippen molar-refractivity contribution in [1.29, 1.82) is 0 Å². The molecule has 0 bridgehead atoms. The lowest BCUT2D eigenvalue weighted by atomic mass is 9.83. The molecule has 0 spiro atoms. The van der Waals surface area contributed by atoms with Gasteiger partial charge in [0.15, 0.2) is 0 Å². The summed E-state index contributed by atoms with van der Waals surface area (Å²) in [7, 11) is 2.19. The van der Waals surface area contributed by atoms with E-state index in [-0.39, 0.29) is 24.7 Å². The minimum Gasteiger partial charge on any atom is -0.481 e. The Labute approximate surface area is 179 Å². The summed E-state index contributed by atoms with van der Waals surface area (Å²) in [6.45, 7) is 3.05. The molecule has 6 heteroatoms. The van der Waals surface area contributed by atoms with Crippen LogP contribution < -0.4 is 0 Å². The van der Waals surface area contributed by atoms with Crippen LogP contribution in [0.2, 0.25) is 0 Å². The number of amides is 1. The highest BCUT2D eigenvalue weighted by atomic mass is 35.5. The number of benzene rings is 1. The Bertz CT molecular complexity index is 738.